The lowest BCUT2D eigenvalue weighted by Gasteiger charge is -2.07. The molecule has 1 aromatic carbocycles. The smallest absolute Gasteiger partial charge is 0.290 e. The predicted octanol–water partition coefficient (Wildman–Crippen LogP) is 2.53. The molecule has 1 heterocycles. The van der Waals surface area contributed by atoms with Crippen molar-refractivity contribution in [2.75, 3.05) is 13.2 Å². The van der Waals surface area contributed by atoms with Crippen molar-refractivity contribution in [3.63, 3.8) is 0 Å². The number of ether oxygens (including phenoxy) is 2. The lowest BCUT2D eigenvalue weighted by molar-refractivity contribution is 0.245. The molecule has 0 spiro atoms. The fourth-order valence-corrected chi connectivity index (χ4v) is 1.59. The van der Waals surface area contributed by atoms with Crippen molar-refractivity contribution >= 4 is 0 Å². The van der Waals surface area contributed by atoms with Gasteiger partial charge in [0.05, 0.1) is 13.2 Å². The van der Waals surface area contributed by atoms with E-state index in [4.69, 9.17) is 9.47 Å². The van der Waals surface area contributed by atoms with Gasteiger partial charge in [0.25, 0.3) is 5.56 Å². The summed E-state index contributed by atoms with van der Waals surface area (Å²) in [6, 6.07) is 11.3. The molecule has 0 bridgehead atoms. The van der Waals surface area contributed by atoms with Crippen LogP contribution in [0.1, 0.15) is 12.0 Å². The van der Waals surface area contributed by atoms with Gasteiger partial charge in [0.2, 0.25) is 0 Å². The number of aromatic nitrogens is 1. The topological polar surface area (TPSA) is 51.3 Å². The third-order valence-corrected chi connectivity index (χ3v) is 2.62. The zero-order valence-electron chi connectivity index (χ0n) is 10.9. The fraction of sp³-hybridized carbons (Fsp3) is 0.267. The average molecular weight is 259 g/mol. The summed E-state index contributed by atoms with van der Waals surface area (Å²) >= 11 is 0. The van der Waals surface area contributed by atoms with Crippen molar-refractivity contribution in [1.82, 2.24) is 4.98 Å². The molecule has 1 aromatic heterocycles. The second-order valence-electron chi connectivity index (χ2n) is 4.23. The van der Waals surface area contributed by atoms with Gasteiger partial charge in [-0.15, -0.1) is 0 Å². The number of hydrogen-bond acceptors (Lipinski definition) is 3. The van der Waals surface area contributed by atoms with E-state index < -0.39 is 0 Å². The number of aryl methyl sites for hydroxylation is 1. The van der Waals surface area contributed by atoms with E-state index in [2.05, 4.69) is 4.98 Å². The Hall–Kier alpha value is -2.23. The molecule has 0 aliphatic rings. The van der Waals surface area contributed by atoms with E-state index in [1.165, 1.54) is 5.56 Å². The van der Waals surface area contributed by atoms with Crippen LogP contribution in [0.5, 0.6) is 11.5 Å². The van der Waals surface area contributed by atoms with Crippen LogP contribution in [0.15, 0.2) is 47.4 Å². The van der Waals surface area contributed by atoms with Crippen LogP contribution < -0.4 is 15.0 Å². The molecule has 0 atom stereocenters. The summed E-state index contributed by atoms with van der Waals surface area (Å²) in [5.74, 6) is 1.20. The van der Waals surface area contributed by atoms with Crippen LogP contribution in [0.3, 0.4) is 0 Å². The van der Waals surface area contributed by atoms with E-state index in [1.54, 1.807) is 18.3 Å². The number of rotatable bonds is 6. The van der Waals surface area contributed by atoms with Gasteiger partial charge in [0, 0.05) is 12.6 Å². The first kappa shape index (κ1) is 13.2. The van der Waals surface area contributed by atoms with Gasteiger partial charge < -0.3 is 14.5 Å². The van der Waals surface area contributed by atoms with Crippen LogP contribution in [-0.4, -0.2) is 18.2 Å². The van der Waals surface area contributed by atoms with Gasteiger partial charge >= 0.3 is 0 Å². The monoisotopic (exact) mass is 259 g/mol. The molecule has 4 heteroatoms. The van der Waals surface area contributed by atoms with E-state index in [0.29, 0.717) is 19.0 Å². The van der Waals surface area contributed by atoms with Crippen LogP contribution >= 0.6 is 0 Å². The number of pyridine rings is 1. The molecule has 2 aromatic rings. The molecule has 0 unspecified atom stereocenters. The molecule has 100 valence electrons. The van der Waals surface area contributed by atoms with Crippen LogP contribution in [0.2, 0.25) is 0 Å². The fourth-order valence-electron chi connectivity index (χ4n) is 1.59. The molecule has 0 amide bonds. The molecule has 0 aliphatic carbocycles. The maximum absolute atomic E-state index is 11.3. The Balaban J connectivity index is 1.69. The first-order valence-corrected chi connectivity index (χ1v) is 6.26. The summed E-state index contributed by atoms with van der Waals surface area (Å²) in [6.07, 6.45) is 2.30. The minimum atomic E-state index is -0.207. The summed E-state index contributed by atoms with van der Waals surface area (Å²) in [5, 5.41) is 0. The Morgan fingerprint density at radius 1 is 1.05 bits per heavy atom. The van der Waals surface area contributed by atoms with E-state index in [1.807, 2.05) is 31.2 Å². The maximum atomic E-state index is 11.3. The summed E-state index contributed by atoms with van der Waals surface area (Å²) in [6.45, 7) is 3.06. The van der Waals surface area contributed by atoms with Gasteiger partial charge in [0.15, 0.2) is 5.75 Å². The van der Waals surface area contributed by atoms with Crippen molar-refractivity contribution in [3.8, 4) is 11.5 Å². The molecular weight excluding hydrogens is 242 g/mol. The Labute approximate surface area is 112 Å². The molecule has 4 nitrogen and oxygen atoms in total. The largest absolute Gasteiger partial charge is 0.493 e. The average Bonchev–Trinajstić information content (AvgIpc) is 2.42. The molecule has 0 fully saturated rings. The van der Waals surface area contributed by atoms with Gasteiger partial charge in [0.1, 0.15) is 5.75 Å². The van der Waals surface area contributed by atoms with Crippen molar-refractivity contribution in [2.24, 2.45) is 0 Å². The maximum Gasteiger partial charge on any atom is 0.290 e. The highest BCUT2D eigenvalue weighted by Gasteiger charge is 1.98. The highest BCUT2D eigenvalue weighted by atomic mass is 16.5. The van der Waals surface area contributed by atoms with Gasteiger partial charge in [-0.3, -0.25) is 4.79 Å². The zero-order valence-corrected chi connectivity index (χ0v) is 10.9. The minimum absolute atomic E-state index is 0.207. The number of H-pyrrole nitrogens is 1. The predicted molar refractivity (Wildman–Crippen MR) is 73.8 cm³/mol. The minimum Gasteiger partial charge on any atom is -0.493 e. The summed E-state index contributed by atoms with van der Waals surface area (Å²) in [5.41, 5.74) is 1.00. The molecule has 19 heavy (non-hydrogen) atoms. The van der Waals surface area contributed by atoms with E-state index >= 15 is 0 Å². The van der Waals surface area contributed by atoms with E-state index in [-0.39, 0.29) is 5.56 Å². The molecule has 0 aliphatic heterocycles. The van der Waals surface area contributed by atoms with E-state index in [0.717, 1.165) is 12.2 Å². The number of nitrogens with one attached hydrogen (secondary N) is 1. The molecule has 0 saturated carbocycles. The summed E-state index contributed by atoms with van der Waals surface area (Å²) in [4.78, 5) is 13.9. The highest BCUT2D eigenvalue weighted by Crippen LogP contribution is 2.11. The number of aromatic amines is 1. The highest BCUT2D eigenvalue weighted by molar-refractivity contribution is 5.26. The Morgan fingerprint density at radius 2 is 1.79 bits per heavy atom. The molecule has 0 saturated heterocycles. The van der Waals surface area contributed by atoms with Crippen LogP contribution in [0.25, 0.3) is 0 Å². The normalized spacial score (nSPS) is 10.2. The van der Waals surface area contributed by atoms with Crippen LogP contribution in [0, 0.1) is 6.92 Å². The van der Waals surface area contributed by atoms with Gasteiger partial charge in [-0.2, -0.15) is 0 Å². The third-order valence-electron chi connectivity index (χ3n) is 2.62. The standard InChI is InChI=1S/C15H17NO3/c1-12-5-7-13(8-6-12)18-10-3-11-19-14-4-2-9-16-15(14)17/h2,4-9H,3,10-11H2,1H3,(H,16,17). The van der Waals surface area contributed by atoms with Crippen LogP contribution in [-0.2, 0) is 0 Å². The van der Waals surface area contributed by atoms with Crippen molar-refractivity contribution in [3.05, 3.63) is 58.5 Å². The van der Waals surface area contributed by atoms with E-state index in [9.17, 15) is 4.79 Å². The SMILES string of the molecule is Cc1ccc(OCCCOc2ccc[nH]c2=O)cc1. The zero-order chi connectivity index (χ0) is 13.5. The first-order chi connectivity index (χ1) is 9.25. The van der Waals surface area contributed by atoms with Gasteiger partial charge in [-0.1, -0.05) is 17.7 Å². The van der Waals surface area contributed by atoms with Crippen molar-refractivity contribution < 1.29 is 9.47 Å². The van der Waals surface area contributed by atoms with Gasteiger partial charge in [-0.05, 0) is 31.2 Å². The quantitative estimate of drug-likeness (QED) is 0.811. The second-order valence-corrected chi connectivity index (χ2v) is 4.23. The molecule has 2 rings (SSSR count). The second kappa shape index (κ2) is 6.64. The lowest BCUT2D eigenvalue weighted by Crippen LogP contribution is -2.12. The molecule has 1 N–H and O–H groups in total. The Morgan fingerprint density at radius 3 is 2.53 bits per heavy atom. The number of benzene rings is 1. The van der Waals surface area contributed by atoms with Crippen molar-refractivity contribution in [2.45, 2.75) is 13.3 Å². The lowest BCUT2D eigenvalue weighted by atomic mass is 10.2. The Bertz CT molecular complexity index is 560. The summed E-state index contributed by atoms with van der Waals surface area (Å²) in [7, 11) is 0. The first-order valence-electron chi connectivity index (χ1n) is 6.26. The third kappa shape index (κ3) is 4.17. The van der Waals surface area contributed by atoms with Crippen LogP contribution in [0.4, 0.5) is 0 Å². The number of hydrogen-bond donors (Lipinski definition) is 1. The van der Waals surface area contributed by atoms with Gasteiger partial charge in [-0.25, -0.2) is 0 Å². The summed E-state index contributed by atoms with van der Waals surface area (Å²) < 4.78 is 10.9. The van der Waals surface area contributed by atoms with Crippen molar-refractivity contribution in [1.29, 1.82) is 0 Å². The molecular formula is C15H17NO3. The molecule has 0 radical (unpaired) electrons. The Kier molecular flexibility index (Phi) is 4.61.